The molecule has 1 heterocycles. The molecule has 0 radical (unpaired) electrons. The first-order chi connectivity index (χ1) is 7.22. The van der Waals surface area contributed by atoms with E-state index in [1.165, 1.54) is 0 Å². The van der Waals surface area contributed by atoms with Gasteiger partial charge in [0.1, 0.15) is 0 Å². The summed E-state index contributed by atoms with van der Waals surface area (Å²) in [5.41, 5.74) is 0. The molecule has 1 aliphatic rings. The Morgan fingerprint density at radius 3 is 3.06 bits per heavy atom. The van der Waals surface area contributed by atoms with E-state index in [1.54, 1.807) is 0 Å². The summed E-state index contributed by atoms with van der Waals surface area (Å²) >= 11 is 0. The molecule has 5 heteroatoms. The monoisotopic (exact) mass is 248 g/mol. The highest BCUT2D eigenvalue weighted by atomic mass is 35.5. The third kappa shape index (κ3) is 6.10. The van der Waals surface area contributed by atoms with Crippen LogP contribution in [-0.2, 0) is 9.53 Å². The number of carbonyl (C=O) groups is 1. The van der Waals surface area contributed by atoms with Gasteiger partial charge in [-0.1, -0.05) is 6.08 Å². The van der Waals surface area contributed by atoms with E-state index >= 15 is 0 Å². The van der Waals surface area contributed by atoms with Crippen LogP contribution < -0.4 is 10.6 Å². The summed E-state index contributed by atoms with van der Waals surface area (Å²) in [6, 6.07) is 0.328. The van der Waals surface area contributed by atoms with Crippen LogP contribution in [0.1, 0.15) is 19.8 Å². The molecule has 2 unspecified atom stereocenters. The van der Waals surface area contributed by atoms with Crippen molar-refractivity contribution in [3.8, 4) is 0 Å². The first-order valence-electron chi connectivity index (χ1n) is 5.43. The molecule has 4 nitrogen and oxygen atoms in total. The molecule has 0 aromatic heterocycles. The number of rotatable bonds is 5. The highest BCUT2D eigenvalue weighted by Crippen LogP contribution is 1.99. The summed E-state index contributed by atoms with van der Waals surface area (Å²) in [5, 5.41) is 6.17. The minimum atomic E-state index is 0. The lowest BCUT2D eigenvalue weighted by atomic mass is 10.1. The second-order valence-corrected chi connectivity index (χ2v) is 3.92. The van der Waals surface area contributed by atoms with Crippen molar-refractivity contribution >= 4 is 18.3 Å². The molecule has 1 rings (SSSR count). The highest BCUT2D eigenvalue weighted by Gasteiger charge is 2.17. The Balaban J connectivity index is 0.00000225. The van der Waals surface area contributed by atoms with Crippen molar-refractivity contribution in [2.75, 3.05) is 19.8 Å². The lowest BCUT2D eigenvalue weighted by Crippen LogP contribution is -2.45. The van der Waals surface area contributed by atoms with Crippen LogP contribution in [0.4, 0.5) is 0 Å². The molecule has 1 saturated heterocycles. The molecule has 1 aliphatic heterocycles. The van der Waals surface area contributed by atoms with Crippen LogP contribution in [0.3, 0.4) is 0 Å². The second kappa shape index (κ2) is 8.56. The highest BCUT2D eigenvalue weighted by molar-refractivity contribution is 5.85. The maximum atomic E-state index is 11.6. The largest absolute Gasteiger partial charge is 0.378 e. The summed E-state index contributed by atoms with van der Waals surface area (Å²) in [4.78, 5) is 11.6. The number of hydrogen-bond acceptors (Lipinski definition) is 3. The standard InChI is InChI=1S/C11H20N2O2.ClH/c1-3-4-9(2)13-11(14)7-10-8-15-6-5-12-10;/h3,9-10,12H,1,4-8H2,2H3,(H,13,14);1H. The van der Waals surface area contributed by atoms with Crippen LogP contribution in [0.15, 0.2) is 12.7 Å². The number of nitrogens with one attached hydrogen (secondary N) is 2. The van der Waals surface area contributed by atoms with Crippen LogP contribution in [0, 0.1) is 0 Å². The fraction of sp³-hybridized carbons (Fsp3) is 0.727. The van der Waals surface area contributed by atoms with Gasteiger partial charge in [0.25, 0.3) is 0 Å². The van der Waals surface area contributed by atoms with Gasteiger partial charge in [-0.2, -0.15) is 0 Å². The maximum Gasteiger partial charge on any atom is 0.221 e. The van der Waals surface area contributed by atoms with Crippen molar-refractivity contribution in [2.24, 2.45) is 0 Å². The smallest absolute Gasteiger partial charge is 0.221 e. The number of morpholine rings is 1. The van der Waals surface area contributed by atoms with Crippen LogP contribution in [0.25, 0.3) is 0 Å². The van der Waals surface area contributed by atoms with Gasteiger partial charge < -0.3 is 15.4 Å². The van der Waals surface area contributed by atoms with Crippen LogP contribution in [0.5, 0.6) is 0 Å². The van der Waals surface area contributed by atoms with Gasteiger partial charge in [0.15, 0.2) is 0 Å². The summed E-state index contributed by atoms with van der Waals surface area (Å²) in [6.07, 6.45) is 3.11. The summed E-state index contributed by atoms with van der Waals surface area (Å²) in [7, 11) is 0. The van der Waals surface area contributed by atoms with Crippen molar-refractivity contribution in [3.05, 3.63) is 12.7 Å². The zero-order valence-electron chi connectivity index (χ0n) is 9.70. The van der Waals surface area contributed by atoms with Crippen LogP contribution in [-0.4, -0.2) is 37.7 Å². The van der Waals surface area contributed by atoms with Gasteiger partial charge in [0, 0.05) is 25.0 Å². The Kier molecular flexibility index (Phi) is 8.25. The van der Waals surface area contributed by atoms with E-state index in [0.29, 0.717) is 13.0 Å². The summed E-state index contributed by atoms with van der Waals surface area (Å²) in [5.74, 6) is 0.0763. The van der Waals surface area contributed by atoms with E-state index < -0.39 is 0 Å². The Labute approximate surface area is 103 Å². The molecule has 0 spiro atoms. The lowest BCUT2D eigenvalue weighted by Gasteiger charge is -2.23. The molecule has 0 aromatic carbocycles. The van der Waals surface area contributed by atoms with E-state index in [1.807, 2.05) is 13.0 Å². The molecule has 0 saturated carbocycles. The first-order valence-corrected chi connectivity index (χ1v) is 5.43. The van der Waals surface area contributed by atoms with Crippen molar-refractivity contribution in [2.45, 2.75) is 31.8 Å². The van der Waals surface area contributed by atoms with E-state index in [4.69, 9.17) is 4.74 Å². The molecule has 0 bridgehead atoms. The minimum absolute atomic E-state index is 0. The molecule has 94 valence electrons. The molecular weight excluding hydrogens is 228 g/mol. The quantitative estimate of drug-likeness (QED) is 0.710. The van der Waals surface area contributed by atoms with Crippen molar-refractivity contribution in [3.63, 3.8) is 0 Å². The average molecular weight is 249 g/mol. The van der Waals surface area contributed by atoms with Gasteiger partial charge >= 0.3 is 0 Å². The number of carbonyl (C=O) groups excluding carboxylic acids is 1. The van der Waals surface area contributed by atoms with Gasteiger partial charge in [0.2, 0.25) is 5.91 Å². The topological polar surface area (TPSA) is 50.4 Å². The number of amides is 1. The predicted octanol–water partition coefficient (Wildman–Crippen LogP) is 0.867. The van der Waals surface area contributed by atoms with E-state index in [2.05, 4.69) is 17.2 Å². The van der Waals surface area contributed by atoms with Gasteiger partial charge in [0.05, 0.1) is 13.2 Å². The number of ether oxygens (including phenoxy) is 1. The zero-order chi connectivity index (χ0) is 11.1. The maximum absolute atomic E-state index is 11.6. The molecule has 1 fully saturated rings. The summed E-state index contributed by atoms with van der Waals surface area (Å²) in [6.45, 7) is 7.82. The third-order valence-corrected chi connectivity index (χ3v) is 2.36. The molecule has 0 aliphatic carbocycles. The SMILES string of the molecule is C=CCC(C)NC(=O)CC1COCCN1.Cl. The fourth-order valence-electron chi connectivity index (χ4n) is 1.62. The molecule has 16 heavy (non-hydrogen) atoms. The third-order valence-electron chi connectivity index (χ3n) is 2.36. The van der Waals surface area contributed by atoms with Crippen molar-refractivity contribution < 1.29 is 9.53 Å². The average Bonchev–Trinajstić information content (AvgIpc) is 2.19. The minimum Gasteiger partial charge on any atom is -0.378 e. The van der Waals surface area contributed by atoms with Crippen molar-refractivity contribution in [1.82, 2.24) is 10.6 Å². The fourth-order valence-corrected chi connectivity index (χ4v) is 1.62. The Morgan fingerprint density at radius 2 is 2.50 bits per heavy atom. The lowest BCUT2D eigenvalue weighted by molar-refractivity contribution is -0.122. The van der Waals surface area contributed by atoms with Gasteiger partial charge in [-0.25, -0.2) is 0 Å². The van der Waals surface area contributed by atoms with Gasteiger partial charge in [-0.3, -0.25) is 4.79 Å². The van der Waals surface area contributed by atoms with E-state index in [0.717, 1.165) is 19.6 Å². The second-order valence-electron chi connectivity index (χ2n) is 3.92. The van der Waals surface area contributed by atoms with E-state index in [-0.39, 0.29) is 30.4 Å². The van der Waals surface area contributed by atoms with Crippen molar-refractivity contribution in [1.29, 1.82) is 0 Å². The summed E-state index contributed by atoms with van der Waals surface area (Å²) < 4.78 is 5.28. The predicted molar refractivity (Wildman–Crippen MR) is 66.9 cm³/mol. The first kappa shape index (κ1) is 15.4. The normalized spacial score (nSPS) is 21.7. The molecule has 0 aromatic rings. The van der Waals surface area contributed by atoms with Crippen LogP contribution >= 0.6 is 12.4 Å². The Morgan fingerprint density at radius 1 is 1.75 bits per heavy atom. The molecule has 2 atom stereocenters. The Bertz CT molecular complexity index is 218. The molecule has 1 amide bonds. The zero-order valence-corrected chi connectivity index (χ0v) is 10.5. The number of hydrogen-bond donors (Lipinski definition) is 2. The number of halogens is 1. The van der Waals surface area contributed by atoms with E-state index in [9.17, 15) is 4.79 Å². The molecule has 2 N–H and O–H groups in total. The van der Waals surface area contributed by atoms with Gasteiger partial charge in [-0.15, -0.1) is 19.0 Å². The molecular formula is C11H21ClN2O2. The Hall–Kier alpha value is -0.580. The van der Waals surface area contributed by atoms with Crippen LogP contribution in [0.2, 0.25) is 0 Å². The van der Waals surface area contributed by atoms with Gasteiger partial charge in [-0.05, 0) is 13.3 Å².